The van der Waals surface area contributed by atoms with Crippen molar-refractivity contribution in [2.75, 3.05) is 0 Å². The highest BCUT2D eigenvalue weighted by Gasteiger charge is 2.20. The van der Waals surface area contributed by atoms with Crippen LogP contribution in [0.1, 0.15) is 22.1 Å². The Morgan fingerprint density at radius 3 is 2.59 bits per heavy atom. The summed E-state index contributed by atoms with van der Waals surface area (Å²) in [6.45, 7) is 1.82. The zero-order valence-corrected chi connectivity index (χ0v) is 11.3. The maximum atomic E-state index is 13.5. The minimum atomic E-state index is -1.15. The van der Waals surface area contributed by atoms with Crippen LogP contribution in [0.25, 0.3) is 0 Å². The van der Waals surface area contributed by atoms with Gasteiger partial charge in [0.2, 0.25) is 0 Å². The summed E-state index contributed by atoms with van der Waals surface area (Å²) in [6, 6.07) is 5.51. The first-order valence-electron chi connectivity index (χ1n) is 4.88. The van der Waals surface area contributed by atoms with E-state index < -0.39 is 17.7 Å². The third-order valence-electron chi connectivity index (χ3n) is 2.50. The zero-order valence-electron chi connectivity index (χ0n) is 8.88. The van der Waals surface area contributed by atoms with Gasteiger partial charge >= 0.3 is 0 Å². The molecular weight excluding hydrogens is 310 g/mol. The largest absolute Gasteiger partial charge is 0.384 e. The smallest absolute Gasteiger partial charge is 0.164 e. The van der Waals surface area contributed by atoms with E-state index in [2.05, 4.69) is 15.9 Å². The first-order chi connectivity index (χ1) is 8.00. The Bertz CT molecular complexity index is 553. The van der Waals surface area contributed by atoms with E-state index in [9.17, 15) is 13.9 Å². The number of aryl methyl sites for hydroxylation is 1. The van der Waals surface area contributed by atoms with E-state index in [4.69, 9.17) is 0 Å². The third-order valence-corrected chi connectivity index (χ3v) is 4.07. The molecule has 0 amide bonds. The normalized spacial score (nSPS) is 12.8. The van der Waals surface area contributed by atoms with Crippen molar-refractivity contribution in [2.24, 2.45) is 0 Å². The fraction of sp³-hybridized carbons (Fsp3) is 0.167. The third kappa shape index (κ3) is 2.41. The van der Waals surface area contributed by atoms with Crippen LogP contribution in [0.3, 0.4) is 0 Å². The molecule has 1 heterocycles. The van der Waals surface area contributed by atoms with Gasteiger partial charge in [-0.25, -0.2) is 8.78 Å². The Morgan fingerprint density at radius 2 is 2.00 bits per heavy atom. The summed E-state index contributed by atoms with van der Waals surface area (Å²) < 4.78 is 27.4. The predicted octanol–water partition coefficient (Wildman–Crippen LogP) is 4.18. The molecule has 17 heavy (non-hydrogen) atoms. The van der Waals surface area contributed by atoms with Crippen molar-refractivity contribution in [3.63, 3.8) is 0 Å². The lowest BCUT2D eigenvalue weighted by atomic mass is 10.0. The van der Waals surface area contributed by atoms with Crippen molar-refractivity contribution in [1.29, 1.82) is 0 Å². The molecule has 90 valence electrons. The van der Waals surface area contributed by atoms with Crippen molar-refractivity contribution in [1.82, 2.24) is 0 Å². The molecule has 2 rings (SSSR count). The molecule has 1 unspecified atom stereocenters. The molecule has 0 aliphatic rings. The summed E-state index contributed by atoms with van der Waals surface area (Å²) in [5.74, 6) is -1.95. The summed E-state index contributed by atoms with van der Waals surface area (Å²) in [4.78, 5) is 0.869. The lowest BCUT2D eigenvalue weighted by Gasteiger charge is -2.12. The summed E-state index contributed by atoms with van der Waals surface area (Å²) in [5.41, 5.74) is 0.546. The number of benzene rings is 1. The van der Waals surface area contributed by atoms with Gasteiger partial charge in [-0.2, -0.15) is 0 Å². The number of thiophene rings is 1. The highest BCUT2D eigenvalue weighted by molar-refractivity contribution is 9.11. The minimum absolute atomic E-state index is 0.0431. The second-order valence-electron chi connectivity index (χ2n) is 3.61. The van der Waals surface area contributed by atoms with Gasteiger partial charge in [0, 0.05) is 10.4 Å². The Morgan fingerprint density at radius 1 is 1.29 bits per heavy atom. The fourth-order valence-corrected chi connectivity index (χ4v) is 3.37. The molecule has 1 aromatic heterocycles. The molecule has 1 nitrogen and oxygen atoms in total. The van der Waals surface area contributed by atoms with Gasteiger partial charge in [0.1, 0.15) is 6.10 Å². The first-order valence-corrected chi connectivity index (χ1v) is 6.49. The number of hydrogen-bond acceptors (Lipinski definition) is 2. The standard InChI is InChI=1S/C12H9BrF2OS/c1-6-8(5-10(13)17-6)12(16)7-3-2-4-9(14)11(7)15/h2-5,12,16H,1H3. The molecule has 0 saturated carbocycles. The molecular formula is C12H9BrF2OS. The molecule has 0 aliphatic heterocycles. The molecule has 1 aromatic carbocycles. The molecule has 1 N–H and O–H groups in total. The average Bonchev–Trinajstić information content (AvgIpc) is 2.61. The number of rotatable bonds is 2. The van der Waals surface area contributed by atoms with Gasteiger partial charge in [-0.05, 0) is 40.5 Å². The molecule has 2 aromatic rings. The van der Waals surface area contributed by atoms with E-state index in [-0.39, 0.29) is 5.56 Å². The van der Waals surface area contributed by atoms with Gasteiger partial charge in [-0.3, -0.25) is 0 Å². The van der Waals surface area contributed by atoms with E-state index >= 15 is 0 Å². The van der Waals surface area contributed by atoms with Gasteiger partial charge in [-0.1, -0.05) is 12.1 Å². The lowest BCUT2D eigenvalue weighted by Crippen LogP contribution is -2.04. The molecule has 1 atom stereocenters. The van der Waals surface area contributed by atoms with E-state index in [1.54, 1.807) is 6.07 Å². The second-order valence-corrected chi connectivity index (χ2v) is 6.24. The van der Waals surface area contributed by atoms with Crippen molar-refractivity contribution < 1.29 is 13.9 Å². The van der Waals surface area contributed by atoms with Gasteiger partial charge in [0.25, 0.3) is 0 Å². The maximum Gasteiger partial charge on any atom is 0.164 e. The highest BCUT2D eigenvalue weighted by Crippen LogP contribution is 2.34. The molecule has 0 radical (unpaired) electrons. The molecule has 0 spiro atoms. The number of aliphatic hydroxyl groups excluding tert-OH is 1. The zero-order chi connectivity index (χ0) is 12.6. The van der Waals surface area contributed by atoms with E-state index in [0.29, 0.717) is 5.56 Å². The molecule has 0 aliphatic carbocycles. The molecule has 0 fully saturated rings. The monoisotopic (exact) mass is 318 g/mol. The van der Waals surface area contributed by atoms with Crippen LogP contribution in [0.2, 0.25) is 0 Å². The fourth-order valence-electron chi connectivity index (χ4n) is 1.63. The van der Waals surface area contributed by atoms with Crippen LogP contribution < -0.4 is 0 Å². The quantitative estimate of drug-likeness (QED) is 0.880. The van der Waals surface area contributed by atoms with E-state index in [1.165, 1.54) is 23.5 Å². The van der Waals surface area contributed by atoms with Crippen LogP contribution in [0.15, 0.2) is 28.1 Å². The van der Waals surface area contributed by atoms with Crippen LogP contribution in [0, 0.1) is 18.6 Å². The Kier molecular flexibility index (Phi) is 3.61. The highest BCUT2D eigenvalue weighted by atomic mass is 79.9. The summed E-state index contributed by atoms with van der Waals surface area (Å²) in [6.07, 6.45) is -1.15. The van der Waals surface area contributed by atoms with Crippen LogP contribution in [-0.4, -0.2) is 5.11 Å². The average molecular weight is 319 g/mol. The van der Waals surface area contributed by atoms with Crippen LogP contribution in [0.5, 0.6) is 0 Å². The Hall–Kier alpha value is -0.780. The number of halogens is 3. The van der Waals surface area contributed by atoms with Gasteiger partial charge < -0.3 is 5.11 Å². The Balaban J connectivity index is 2.47. The molecule has 0 saturated heterocycles. The summed E-state index contributed by atoms with van der Waals surface area (Å²) in [5, 5.41) is 10.1. The van der Waals surface area contributed by atoms with Gasteiger partial charge in [0.05, 0.1) is 3.79 Å². The number of hydrogen-bond donors (Lipinski definition) is 1. The van der Waals surface area contributed by atoms with Gasteiger partial charge in [-0.15, -0.1) is 11.3 Å². The van der Waals surface area contributed by atoms with Crippen LogP contribution >= 0.6 is 27.3 Å². The minimum Gasteiger partial charge on any atom is -0.384 e. The van der Waals surface area contributed by atoms with Crippen LogP contribution in [-0.2, 0) is 0 Å². The van der Waals surface area contributed by atoms with Crippen molar-refractivity contribution in [3.05, 3.63) is 55.7 Å². The predicted molar refractivity (Wildman–Crippen MR) is 67.2 cm³/mol. The Labute approximate surface area is 110 Å². The van der Waals surface area contributed by atoms with Crippen molar-refractivity contribution in [3.8, 4) is 0 Å². The molecule has 5 heteroatoms. The molecule has 0 bridgehead atoms. The maximum absolute atomic E-state index is 13.5. The van der Waals surface area contributed by atoms with E-state index in [1.807, 2.05) is 6.92 Å². The van der Waals surface area contributed by atoms with Crippen molar-refractivity contribution in [2.45, 2.75) is 13.0 Å². The first kappa shape index (κ1) is 12.7. The van der Waals surface area contributed by atoms with Crippen LogP contribution in [0.4, 0.5) is 8.78 Å². The van der Waals surface area contributed by atoms with Crippen molar-refractivity contribution >= 4 is 27.3 Å². The topological polar surface area (TPSA) is 20.2 Å². The second kappa shape index (κ2) is 4.84. The number of aliphatic hydroxyl groups is 1. The SMILES string of the molecule is Cc1sc(Br)cc1C(O)c1cccc(F)c1F. The summed E-state index contributed by atoms with van der Waals surface area (Å²) >= 11 is 4.74. The lowest BCUT2D eigenvalue weighted by molar-refractivity contribution is 0.213. The van der Waals surface area contributed by atoms with E-state index in [0.717, 1.165) is 14.7 Å². The summed E-state index contributed by atoms with van der Waals surface area (Å²) in [7, 11) is 0. The van der Waals surface area contributed by atoms with Gasteiger partial charge in [0.15, 0.2) is 11.6 Å².